The van der Waals surface area contributed by atoms with Gasteiger partial charge in [0, 0.05) is 0 Å². The molecule has 0 amide bonds. The van der Waals surface area contributed by atoms with Crippen molar-refractivity contribution in [2.24, 2.45) is 0 Å². The van der Waals surface area contributed by atoms with Crippen molar-refractivity contribution >= 4 is 11.9 Å². The zero-order valence-corrected chi connectivity index (χ0v) is 8.03. The fraction of sp³-hybridized carbons (Fsp3) is 0.0833. The quantitative estimate of drug-likeness (QED) is 0.740. The molecule has 0 bridgehead atoms. The number of phenolic OH excluding ortho intramolecular Hbond substituents is 1. The molecule has 0 spiro atoms. The highest BCUT2D eigenvalue weighted by Gasteiger charge is 1.98. The lowest BCUT2D eigenvalue weighted by atomic mass is 10.1. The van der Waals surface area contributed by atoms with Gasteiger partial charge in [0.15, 0.2) is 5.78 Å². The third-order valence-electron chi connectivity index (χ3n) is 1.83. The fourth-order valence-corrected chi connectivity index (χ4v) is 1.10. The van der Waals surface area contributed by atoms with E-state index in [-0.39, 0.29) is 11.5 Å². The fourth-order valence-electron chi connectivity index (χ4n) is 1.10. The molecule has 0 aliphatic rings. The molecule has 1 N–H and O–H groups in total. The van der Waals surface area contributed by atoms with Crippen molar-refractivity contribution in [3.8, 4) is 5.75 Å². The number of carbonyl (C=O) groups excluding carboxylic acids is 1. The SMILES string of the molecule is C=CC(=O)C(C)=Cc1cccc(O)c1. The van der Waals surface area contributed by atoms with Crippen LogP contribution in [0, 0.1) is 0 Å². The van der Waals surface area contributed by atoms with Crippen LogP contribution in [0.1, 0.15) is 12.5 Å². The van der Waals surface area contributed by atoms with Gasteiger partial charge in [0.2, 0.25) is 0 Å². The minimum atomic E-state index is -0.103. The number of allylic oxidation sites excluding steroid dienone is 2. The van der Waals surface area contributed by atoms with Crippen LogP contribution in [0.25, 0.3) is 6.08 Å². The molecule has 0 radical (unpaired) electrons. The van der Waals surface area contributed by atoms with E-state index in [4.69, 9.17) is 0 Å². The first-order chi connectivity index (χ1) is 6.63. The Morgan fingerprint density at radius 3 is 2.79 bits per heavy atom. The van der Waals surface area contributed by atoms with Crippen LogP contribution in [-0.4, -0.2) is 10.9 Å². The topological polar surface area (TPSA) is 37.3 Å². The zero-order chi connectivity index (χ0) is 10.6. The van der Waals surface area contributed by atoms with Gasteiger partial charge in [-0.05, 0) is 42.3 Å². The van der Waals surface area contributed by atoms with Crippen molar-refractivity contribution in [2.75, 3.05) is 0 Å². The lowest BCUT2D eigenvalue weighted by molar-refractivity contribution is -0.111. The highest BCUT2D eigenvalue weighted by molar-refractivity contribution is 6.06. The van der Waals surface area contributed by atoms with Gasteiger partial charge in [-0.3, -0.25) is 4.79 Å². The number of ketones is 1. The standard InChI is InChI=1S/C12H12O2/c1-3-12(14)9(2)7-10-5-4-6-11(13)8-10/h3-8,13H,1H2,2H3. The summed E-state index contributed by atoms with van der Waals surface area (Å²) < 4.78 is 0. The van der Waals surface area contributed by atoms with E-state index in [0.717, 1.165) is 5.56 Å². The normalized spacial score (nSPS) is 11.1. The number of rotatable bonds is 3. The highest BCUT2D eigenvalue weighted by atomic mass is 16.3. The van der Waals surface area contributed by atoms with Gasteiger partial charge in [0.25, 0.3) is 0 Å². The minimum absolute atomic E-state index is 0.103. The van der Waals surface area contributed by atoms with Crippen molar-refractivity contribution in [2.45, 2.75) is 6.92 Å². The van der Waals surface area contributed by atoms with Crippen molar-refractivity contribution in [3.63, 3.8) is 0 Å². The van der Waals surface area contributed by atoms with Crippen molar-refractivity contribution in [1.29, 1.82) is 0 Å². The Morgan fingerprint density at radius 2 is 2.21 bits per heavy atom. The predicted octanol–water partition coefficient (Wildman–Crippen LogP) is 2.55. The maximum absolute atomic E-state index is 11.2. The number of carbonyl (C=O) groups is 1. The van der Waals surface area contributed by atoms with E-state index in [1.54, 1.807) is 31.2 Å². The number of benzene rings is 1. The molecule has 1 aromatic rings. The molecule has 0 saturated heterocycles. The highest BCUT2D eigenvalue weighted by Crippen LogP contribution is 2.14. The first-order valence-electron chi connectivity index (χ1n) is 4.27. The summed E-state index contributed by atoms with van der Waals surface area (Å²) in [5, 5.41) is 9.19. The Labute approximate surface area is 83.2 Å². The second kappa shape index (κ2) is 4.42. The van der Waals surface area contributed by atoms with Crippen LogP contribution in [-0.2, 0) is 4.79 Å². The van der Waals surface area contributed by atoms with Gasteiger partial charge >= 0.3 is 0 Å². The lowest BCUT2D eigenvalue weighted by Gasteiger charge is -1.97. The number of hydrogen-bond acceptors (Lipinski definition) is 2. The monoisotopic (exact) mass is 188 g/mol. The summed E-state index contributed by atoms with van der Waals surface area (Å²) in [4.78, 5) is 11.2. The molecule has 0 saturated carbocycles. The van der Waals surface area contributed by atoms with E-state index < -0.39 is 0 Å². The molecule has 0 atom stereocenters. The Kier molecular flexibility index (Phi) is 3.24. The summed E-state index contributed by atoms with van der Waals surface area (Å²) in [7, 11) is 0. The van der Waals surface area contributed by atoms with Gasteiger partial charge in [-0.15, -0.1) is 0 Å². The van der Waals surface area contributed by atoms with Gasteiger partial charge in [-0.2, -0.15) is 0 Å². The molecule has 0 aliphatic carbocycles. The Morgan fingerprint density at radius 1 is 1.50 bits per heavy atom. The molecule has 0 aromatic heterocycles. The summed E-state index contributed by atoms with van der Waals surface area (Å²) in [6.07, 6.45) is 2.98. The smallest absolute Gasteiger partial charge is 0.180 e. The number of aromatic hydroxyl groups is 1. The summed E-state index contributed by atoms with van der Waals surface area (Å²) in [6.45, 7) is 5.12. The van der Waals surface area contributed by atoms with E-state index in [9.17, 15) is 9.90 Å². The lowest BCUT2D eigenvalue weighted by Crippen LogP contribution is -1.92. The third kappa shape index (κ3) is 2.59. The van der Waals surface area contributed by atoms with Gasteiger partial charge in [-0.25, -0.2) is 0 Å². The van der Waals surface area contributed by atoms with Gasteiger partial charge < -0.3 is 5.11 Å². The first-order valence-corrected chi connectivity index (χ1v) is 4.27. The van der Waals surface area contributed by atoms with E-state index in [2.05, 4.69) is 6.58 Å². The molecule has 72 valence electrons. The van der Waals surface area contributed by atoms with E-state index >= 15 is 0 Å². The average molecular weight is 188 g/mol. The molecular formula is C12H12O2. The number of phenols is 1. The molecular weight excluding hydrogens is 176 g/mol. The van der Waals surface area contributed by atoms with Crippen LogP contribution in [0.15, 0.2) is 42.5 Å². The predicted molar refractivity (Wildman–Crippen MR) is 57.0 cm³/mol. The van der Waals surface area contributed by atoms with Gasteiger partial charge in [0.05, 0.1) is 0 Å². The van der Waals surface area contributed by atoms with Crippen LogP contribution in [0.3, 0.4) is 0 Å². The number of hydrogen-bond donors (Lipinski definition) is 1. The molecule has 0 heterocycles. The van der Waals surface area contributed by atoms with E-state index in [1.165, 1.54) is 6.08 Å². The van der Waals surface area contributed by atoms with Crippen molar-refractivity contribution < 1.29 is 9.90 Å². The average Bonchev–Trinajstić information content (AvgIpc) is 2.16. The third-order valence-corrected chi connectivity index (χ3v) is 1.83. The molecule has 1 aromatic carbocycles. The van der Waals surface area contributed by atoms with Gasteiger partial charge in [-0.1, -0.05) is 18.7 Å². The van der Waals surface area contributed by atoms with Crippen molar-refractivity contribution in [3.05, 3.63) is 48.1 Å². The molecule has 1 rings (SSSR count). The van der Waals surface area contributed by atoms with Crippen LogP contribution < -0.4 is 0 Å². The van der Waals surface area contributed by atoms with Crippen LogP contribution in [0.4, 0.5) is 0 Å². The Hall–Kier alpha value is -1.83. The molecule has 2 heteroatoms. The minimum Gasteiger partial charge on any atom is -0.508 e. The molecule has 2 nitrogen and oxygen atoms in total. The molecule has 0 unspecified atom stereocenters. The summed E-state index contributed by atoms with van der Waals surface area (Å²) in [5.74, 6) is 0.0888. The second-order valence-electron chi connectivity index (χ2n) is 2.99. The summed E-state index contributed by atoms with van der Waals surface area (Å²) in [6, 6.07) is 6.73. The molecule has 14 heavy (non-hydrogen) atoms. The largest absolute Gasteiger partial charge is 0.508 e. The molecule has 0 fully saturated rings. The molecule has 0 aliphatic heterocycles. The van der Waals surface area contributed by atoms with E-state index in [0.29, 0.717) is 5.57 Å². The van der Waals surface area contributed by atoms with Crippen LogP contribution >= 0.6 is 0 Å². The maximum atomic E-state index is 11.2. The van der Waals surface area contributed by atoms with Crippen molar-refractivity contribution in [1.82, 2.24) is 0 Å². The zero-order valence-electron chi connectivity index (χ0n) is 8.03. The van der Waals surface area contributed by atoms with Crippen LogP contribution in [0.2, 0.25) is 0 Å². The van der Waals surface area contributed by atoms with Crippen LogP contribution in [0.5, 0.6) is 5.75 Å². The first kappa shape index (κ1) is 10.3. The summed E-state index contributed by atoms with van der Waals surface area (Å²) >= 11 is 0. The second-order valence-corrected chi connectivity index (χ2v) is 2.99. The Balaban J connectivity index is 2.97. The maximum Gasteiger partial charge on any atom is 0.180 e. The van der Waals surface area contributed by atoms with E-state index in [1.807, 2.05) is 6.07 Å². The summed E-state index contributed by atoms with van der Waals surface area (Å²) in [5.41, 5.74) is 1.41. The van der Waals surface area contributed by atoms with Gasteiger partial charge in [0.1, 0.15) is 5.75 Å². The Bertz CT molecular complexity index is 389.